The van der Waals surface area contributed by atoms with Crippen LogP contribution in [0.1, 0.15) is 52.4 Å². The SMILES string of the molecule is CCCNC(Cc1c([N+](=O)[O-])c(CC)nn1C)C(C)(C)C. The first kappa shape index (κ1) is 17.6. The lowest BCUT2D eigenvalue weighted by Gasteiger charge is -2.31. The molecule has 1 aromatic heterocycles. The first-order valence-electron chi connectivity index (χ1n) is 7.64. The maximum Gasteiger partial charge on any atom is 0.313 e. The third-order valence-electron chi connectivity index (χ3n) is 3.81. The average Bonchev–Trinajstić information content (AvgIpc) is 2.69. The van der Waals surface area contributed by atoms with Gasteiger partial charge in [-0.05, 0) is 24.8 Å². The summed E-state index contributed by atoms with van der Waals surface area (Å²) < 4.78 is 1.67. The van der Waals surface area contributed by atoms with Crippen LogP contribution in [-0.2, 0) is 19.9 Å². The van der Waals surface area contributed by atoms with Crippen molar-refractivity contribution in [3.8, 4) is 0 Å². The van der Waals surface area contributed by atoms with Crippen LogP contribution in [0.15, 0.2) is 0 Å². The van der Waals surface area contributed by atoms with Crippen LogP contribution in [0, 0.1) is 15.5 Å². The van der Waals surface area contributed by atoms with Crippen molar-refractivity contribution in [2.24, 2.45) is 12.5 Å². The van der Waals surface area contributed by atoms with Crippen LogP contribution < -0.4 is 5.32 Å². The predicted octanol–water partition coefficient (Wildman–Crippen LogP) is 2.85. The average molecular weight is 296 g/mol. The van der Waals surface area contributed by atoms with Crippen molar-refractivity contribution >= 4 is 5.69 Å². The fourth-order valence-corrected chi connectivity index (χ4v) is 2.48. The summed E-state index contributed by atoms with van der Waals surface area (Å²) in [6, 6.07) is 0.177. The van der Waals surface area contributed by atoms with Gasteiger partial charge in [0, 0.05) is 19.5 Å². The molecule has 120 valence electrons. The fourth-order valence-electron chi connectivity index (χ4n) is 2.48. The molecule has 0 aliphatic carbocycles. The van der Waals surface area contributed by atoms with Gasteiger partial charge in [-0.25, -0.2) is 0 Å². The van der Waals surface area contributed by atoms with E-state index in [4.69, 9.17) is 0 Å². The van der Waals surface area contributed by atoms with Gasteiger partial charge >= 0.3 is 5.69 Å². The molecule has 0 fully saturated rings. The van der Waals surface area contributed by atoms with Gasteiger partial charge in [-0.3, -0.25) is 14.8 Å². The smallest absolute Gasteiger partial charge is 0.313 e. The van der Waals surface area contributed by atoms with Gasteiger partial charge in [-0.1, -0.05) is 34.6 Å². The lowest BCUT2D eigenvalue weighted by molar-refractivity contribution is -0.386. The lowest BCUT2D eigenvalue weighted by atomic mass is 9.83. The summed E-state index contributed by atoms with van der Waals surface area (Å²) in [5.74, 6) is 0. The Morgan fingerprint density at radius 2 is 2.00 bits per heavy atom. The molecule has 1 unspecified atom stereocenters. The molecule has 0 aromatic carbocycles. The molecule has 0 aliphatic rings. The predicted molar refractivity (Wildman–Crippen MR) is 84.5 cm³/mol. The summed E-state index contributed by atoms with van der Waals surface area (Å²) in [6.45, 7) is 11.4. The minimum atomic E-state index is -0.291. The number of nitrogens with one attached hydrogen (secondary N) is 1. The molecule has 0 amide bonds. The highest BCUT2D eigenvalue weighted by Gasteiger charge is 2.31. The number of nitro groups is 1. The topological polar surface area (TPSA) is 73.0 Å². The molecule has 1 aromatic rings. The molecule has 21 heavy (non-hydrogen) atoms. The Labute approximate surface area is 127 Å². The van der Waals surface area contributed by atoms with Gasteiger partial charge in [0.1, 0.15) is 11.4 Å². The normalized spacial score (nSPS) is 13.4. The molecule has 0 radical (unpaired) electrons. The Hall–Kier alpha value is -1.43. The van der Waals surface area contributed by atoms with Gasteiger partial charge in [-0.2, -0.15) is 5.10 Å². The first-order valence-corrected chi connectivity index (χ1v) is 7.64. The highest BCUT2D eigenvalue weighted by atomic mass is 16.6. The summed E-state index contributed by atoms with van der Waals surface area (Å²) in [5, 5.41) is 19.2. The van der Waals surface area contributed by atoms with E-state index in [2.05, 4.69) is 38.1 Å². The summed E-state index contributed by atoms with van der Waals surface area (Å²) in [4.78, 5) is 11.1. The van der Waals surface area contributed by atoms with Crippen LogP contribution in [-0.4, -0.2) is 27.3 Å². The maximum atomic E-state index is 11.4. The summed E-state index contributed by atoms with van der Waals surface area (Å²) in [5.41, 5.74) is 1.49. The van der Waals surface area contributed by atoms with Crippen molar-refractivity contribution in [1.82, 2.24) is 15.1 Å². The van der Waals surface area contributed by atoms with E-state index >= 15 is 0 Å². The highest BCUT2D eigenvalue weighted by Crippen LogP contribution is 2.29. The summed E-state index contributed by atoms with van der Waals surface area (Å²) in [7, 11) is 1.79. The summed E-state index contributed by atoms with van der Waals surface area (Å²) >= 11 is 0. The van der Waals surface area contributed by atoms with Crippen LogP contribution in [0.25, 0.3) is 0 Å². The fraction of sp³-hybridized carbons (Fsp3) is 0.800. The Kier molecular flexibility index (Phi) is 5.89. The number of aryl methyl sites for hydroxylation is 2. The lowest BCUT2D eigenvalue weighted by Crippen LogP contribution is -2.42. The monoisotopic (exact) mass is 296 g/mol. The van der Waals surface area contributed by atoms with Crippen LogP contribution in [0.2, 0.25) is 0 Å². The van der Waals surface area contributed by atoms with E-state index in [1.54, 1.807) is 11.7 Å². The zero-order chi connectivity index (χ0) is 16.2. The standard InChI is InChI=1S/C15H28N4O2/c1-7-9-16-13(15(3,4)5)10-12-14(19(20)21)11(8-2)17-18(12)6/h13,16H,7-10H2,1-6H3. The van der Waals surface area contributed by atoms with Gasteiger partial charge in [0.25, 0.3) is 0 Å². The largest absolute Gasteiger partial charge is 0.313 e. The van der Waals surface area contributed by atoms with E-state index < -0.39 is 0 Å². The third-order valence-corrected chi connectivity index (χ3v) is 3.81. The molecule has 6 heteroatoms. The van der Waals surface area contributed by atoms with Crippen molar-refractivity contribution in [1.29, 1.82) is 0 Å². The van der Waals surface area contributed by atoms with Crippen LogP contribution >= 0.6 is 0 Å². The maximum absolute atomic E-state index is 11.4. The molecular weight excluding hydrogens is 268 g/mol. The number of aromatic nitrogens is 2. The molecule has 1 heterocycles. The molecule has 1 N–H and O–H groups in total. The van der Waals surface area contributed by atoms with E-state index in [1.165, 1.54) is 0 Å². The Bertz CT molecular complexity index is 489. The van der Waals surface area contributed by atoms with Gasteiger partial charge < -0.3 is 5.32 Å². The summed E-state index contributed by atoms with van der Waals surface area (Å²) in [6.07, 6.45) is 2.23. The molecule has 0 aliphatic heterocycles. The van der Waals surface area contributed by atoms with Gasteiger partial charge in [0.2, 0.25) is 0 Å². The van der Waals surface area contributed by atoms with E-state index in [0.717, 1.165) is 13.0 Å². The molecule has 0 saturated carbocycles. The molecule has 6 nitrogen and oxygen atoms in total. The zero-order valence-electron chi connectivity index (χ0n) is 14.1. The third kappa shape index (κ3) is 4.27. The number of nitrogens with zero attached hydrogens (tertiary/aromatic N) is 3. The molecule has 0 saturated heterocycles. The highest BCUT2D eigenvalue weighted by molar-refractivity contribution is 5.42. The minimum Gasteiger partial charge on any atom is -0.313 e. The number of rotatable bonds is 7. The Balaban J connectivity index is 3.14. The minimum absolute atomic E-state index is 0.0275. The molecule has 0 spiro atoms. The van der Waals surface area contributed by atoms with Crippen molar-refractivity contribution in [2.75, 3.05) is 6.54 Å². The van der Waals surface area contributed by atoms with Crippen molar-refractivity contribution in [3.63, 3.8) is 0 Å². The molecule has 1 rings (SSSR count). The zero-order valence-corrected chi connectivity index (χ0v) is 14.1. The second-order valence-electron chi connectivity index (χ2n) is 6.55. The van der Waals surface area contributed by atoms with Crippen LogP contribution in [0.5, 0.6) is 0 Å². The van der Waals surface area contributed by atoms with Crippen LogP contribution in [0.4, 0.5) is 5.69 Å². The van der Waals surface area contributed by atoms with Gasteiger partial charge in [0.05, 0.1) is 4.92 Å². The quantitative estimate of drug-likeness (QED) is 0.620. The van der Waals surface area contributed by atoms with E-state index in [9.17, 15) is 10.1 Å². The van der Waals surface area contributed by atoms with Crippen molar-refractivity contribution in [2.45, 2.75) is 59.9 Å². The van der Waals surface area contributed by atoms with E-state index in [1.807, 2.05) is 6.92 Å². The number of hydrogen-bond acceptors (Lipinski definition) is 4. The van der Waals surface area contributed by atoms with Gasteiger partial charge in [-0.15, -0.1) is 0 Å². The second-order valence-corrected chi connectivity index (χ2v) is 6.55. The van der Waals surface area contributed by atoms with Crippen LogP contribution in [0.3, 0.4) is 0 Å². The van der Waals surface area contributed by atoms with Crippen molar-refractivity contribution < 1.29 is 4.92 Å². The van der Waals surface area contributed by atoms with Crippen molar-refractivity contribution in [3.05, 3.63) is 21.5 Å². The van der Waals surface area contributed by atoms with E-state index in [-0.39, 0.29) is 22.1 Å². The molecular formula is C15H28N4O2. The molecule has 0 bridgehead atoms. The van der Waals surface area contributed by atoms with Gasteiger partial charge in [0.15, 0.2) is 0 Å². The Morgan fingerprint density at radius 1 is 1.38 bits per heavy atom. The van der Waals surface area contributed by atoms with E-state index in [0.29, 0.717) is 24.2 Å². The molecule has 1 atom stereocenters. The second kappa shape index (κ2) is 7.02. The number of hydrogen-bond donors (Lipinski definition) is 1. The Morgan fingerprint density at radius 3 is 2.43 bits per heavy atom. The first-order chi connectivity index (χ1) is 9.72.